The molecule has 4 heteroatoms. The van der Waals surface area contributed by atoms with Crippen molar-refractivity contribution in [2.45, 2.75) is 6.92 Å². The summed E-state index contributed by atoms with van der Waals surface area (Å²) >= 11 is 0. The number of hydrogen-bond donors (Lipinski definition) is 1. The molecule has 0 aliphatic carbocycles. The Balaban J connectivity index is 2.13. The summed E-state index contributed by atoms with van der Waals surface area (Å²) in [4.78, 5) is 16.9. The highest BCUT2D eigenvalue weighted by Crippen LogP contribution is 2.21. The van der Waals surface area contributed by atoms with Gasteiger partial charge in [-0.1, -0.05) is 29.8 Å². The van der Waals surface area contributed by atoms with Crippen molar-refractivity contribution in [2.75, 3.05) is 0 Å². The van der Waals surface area contributed by atoms with Gasteiger partial charge in [0.2, 0.25) is 0 Å². The predicted molar refractivity (Wildman–Crippen MR) is 83.9 cm³/mol. The molecular weight excluding hydrogens is 262 g/mol. The van der Waals surface area contributed by atoms with Crippen LogP contribution in [0.4, 0.5) is 0 Å². The molecule has 4 nitrogen and oxygen atoms in total. The molecule has 2 aromatic heterocycles. The van der Waals surface area contributed by atoms with Gasteiger partial charge in [0.15, 0.2) is 0 Å². The summed E-state index contributed by atoms with van der Waals surface area (Å²) in [7, 11) is 0. The number of para-hydroxylation sites is 1. The minimum Gasteiger partial charge on any atom is -0.290 e. The van der Waals surface area contributed by atoms with E-state index in [-0.39, 0.29) is 5.56 Å². The minimum atomic E-state index is -0.0768. The lowest BCUT2D eigenvalue weighted by Gasteiger charge is -2.01. The molecule has 0 aliphatic rings. The van der Waals surface area contributed by atoms with Crippen LogP contribution in [-0.2, 0) is 0 Å². The smallest absolute Gasteiger partial charge is 0.280 e. The number of fused-ring (bicyclic) bond motifs is 3. The number of aryl methyl sites for hydroxylation is 1. The second-order valence-corrected chi connectivity index (χ2v) is 5.16. The summed E-state index contributed by atoms with van der Waals surface area (Å²) in [6.45, 7) is 2.03. The Morgan fingerprint density at radius 3 is 2.67 bits per heavy atom. The summed E-state index contributed by atoms with van der Waals surface area (Å²) < 4.78 is 1.56. The van der Waals surface area contributed by atoms with Crippen LogP contribution in [0, 0.1) is 6.92 Å². The zero-order valence-corrected chi connectivity index (χ0v) is 11.5. The first kappa shape index (κ1) is 11.9. The lowest BCUT2D eigenvalue weighted by Crippen LogP contribution is -2.13. The highest BCUT2D eigenvalue weighted by molar-refractivity contribution is 6.02. The van der Waals surface area contributed by atoms with Gasteiger partial charge in [-0.05, 0) is 31.2 Å². The number of aromatic amines is 1. The van der Waals surface area contributed by atoms with Gasteiger partial charge in [0.05, 0.1) is 22.1 Å². The Morgan fingerprint density at radius 1 is 1.05 bits per heavy atom. The summed E-state index contributed by atoms with van der Waals surface area (Å²) in [6, 6.07) is 15.6. The molecule has 1 N–H and O–H groups in total. The summed E-state index contributed by atoms with van der Waals surface area (Å²) in [6.07, 6.45) is 1.64. The fourth-order valence-corrected chi connectivity index (χ4v) is 2.63. The molecule has 21 heavy (non-hydrogen) atoms. The number of benzene rings is 2. The summed E-state index contributed by atoms with van der Waals surface area (Å²) in [5.74, 6) is 0. The van der Waals surface area contributed by atoms with Gasteiger partial charge in [-0.3, -0.25) is 14.9 Å². The average Bonchev–Trinajstić information content (AvgIpc) is 2.86. The van der Waals surface area contributed by atoms with Crippen LogP contribution in [0.1, 0.15) is 5.56 Å². The number of aromatic nitrogens is 3. The number of rotatable bonds is 1. The van der Waals surface area contributed by atoms with E-state index in [0.717, 1.165) is 27.7 Å². The van der Waals surface area contributed by atoms with E-state index in [0.29, 0.717) is 5.39 Å². The van der Waals surface area contributed by atoms with Crippen LogP contribution in [0.25, 0.3) is 27.5 Å². The highest BCUT2D eigenvalue weighted by atomic mass is 16.1. The van der Waals surface area contributed by atoms with Crippen molar-refractivity contribution in [3.8, 4) is 5.69 Å². The molecule has 4 aromatic rings. The Bertz CT molecular complexity index is 1010. The first-order valence-electron chi connectivity index (χ1n) is 6.79. The van der Waals surface area contributed by atoms with Gasteiger partial charge in [-0.2, -0.15) is 0 Å². The molecule has 0 saturated carbocycles. The topological polar surface area (TPSA) is 50.7 Å². The normalized spacial score (nSPS) is 11.3. The van der Waals surface area contributed by atoms with Crippen LogP contribution in [0.15, 0.2) is 59.5 Å². The Morgan fingerprint density at radius 2 is 1.86 bits per heavy atom. The van der Waals surface area contributed by atoms with Crippen molar-refractivity contribution in [3.05, 3.63) is 70.6 Å². The van der Waals surface area contributed by atoms with Gasteiger partial charge in [-0.25, -0.2) is 4.68 Å². The monoisotopic (exact) mass is 275 g/mol. The fraction of sp³-hybridized carbons (Fsp3) is 0.0588. The number of nitrogens with one attached hydrogen (secondary N) is 1. The van der Waals surface area contributed by atoms with Crippen molar-refractivity contribution in [1.82, 2.24) is 14.8 Å². The van der Waals surface area contributed by atoms with Crippen LogP contribution in [0.5, 0.6) is 0 Å². The molecule has 0 radical (unpaired) electrons. The van der Waals surface area contributed by atoms with Gasteiger partial charge >= 0.3 is 0 Å². The SMILES string of the molecule is Cc1ccc2ncc3c(=O)n(-c4ccccc4)[nH]c3c2c1. The van der Waals surface area contributed by atoms with Crippen molar-refractivity contribution >= 4 is 21.8 Å². The summed E-state index contributed by atoms with van der Waals surface area (Å²) in [5, 5.41) is 4.79. The van der Waals surface area contributed by atoms with Crippen LogP contribution in [0.2, 0.25) is 0 Å². The van der Waals surface area contributed by atoms with Crippen LogP contribution >= 0.6 is 0 Å². The van der Waals surface area contributed by atoms with Crippen LogP contribution in [0.3, 0.4) is 0 Å². The van der Waals surface area contributed by atoms with Gasteiger partial charge in [0.25, 0.3) is 5.56 Å². The van der Waals surface area contributed by atoms with Gasteiger partial charge in [0.1, 0.15) is 0 Å². The Kier molecular flexibility index (Phi) is 2.44. The number of hydrogen-bond acceptors (Lipinski definition) is 2. The maximum atomic E-state index is 12.5. The van der Waals surface area contributed by atoms with E-state index in [1.165, 1.54) is 0 Å². The number of H-pyrrole nitrogens is 1. The molecule has 0 atom stereocenters. The molecule has 0 unspecified atom stereocenters. The highest BCUT2D eigenvalue weighted by Gasteiger charge is 2.11. The van der Waals surface area contributed by atoms with Crippen molar-refractivity contribution < 1.29 is 0 Å². The van der Waals surface area contributed by atoms with E-state index in [1.807, 2.05) is 49.4 Å². The molecule has 102 valence electrons. The molecule has 0 spiro atoms. The third-order valence-corrected chi connectivity index (χ3v) is 3.69. The third kappa shape index (κ3) is 1.76. The zero-order valence-electron chi connectivity index (χ0n) is 11.5. The molecule has 2 aromatic carbocycles. The largest absolute Gasteiger partial charge is 0.290 e. The van der Waals surface area contributed by atoms with Gasteiger partial charge in [-0.15, -0.1) is 0 Å². The molecule has 0 aliphatic heterocycles. The minimum absolute atomic E-state index is 0.0768. The van der Waals surface area contributed by atoms with Crippen molar-refractivity contribution in [2.24, 2.45) is 0 Å². The molecular formula is C17H13N3O. The maximum Gasteiger partial charge on any atom is 0.280 e. The summed E-state index contributed by atoms with van der Waals surface area (Å²) in [5.41, 5.74) is 3.60. The average molecular weight is 275 g/mol. The van der Waals surface area contributed by atoms with E-state index in [1.54, 1.807) is 10.9 Å². The standard InChI is InChI=1S/C17H13N3O/c1-11-7-8-15-13(9-11)16-14(10-18-15)17(21)20(19-16)12-5-3-2-4-6-12/h2-10,19H,1H3. The van der Waals surface area contributed by atoms with E-state index in [4.69, 9.17) is 0 Å². The van der Waals surface area contributed by atoms with Crippen molar-refractivity contribution in [3.63, 3.8) is 0 Å². The maximum absolute atomic E-state index is 12.5. The molecule has 0 fully saturated rings. The second kappa shape index (κ2) is 4.31. The molecule has 0 amide bonds. The van der Waals surface area contributed by atoms with Gasteiger partial charge < -0.3 is 0 Å². The first-order chi connectivity index (χ1) is 10.2. The predicted octanol–water partition coefficient (Wildman–Crippen LogP) is 3.18. The first-order valence-corrected chi connectivity index (χ1v) is 6.79. The van der Waals surface area contributed by atoms with Crippen molar-refractivity contribution in [1.29, 1.82) is 0 Å². The van der Waals surface area contributed by atoms with Crippen LogP contribution < -0.4 is 5.56 Å². The van der Waals surface area contributed by atoms with Gasteiger partial charge in [0, 0.05) is 11.6 Å². The Hall–Kier alpha value is -2.88. The van der Waals surface area contributed by atoms with E-state index in [9.17, 15) is 4.79 Å². The van der Waals surface area contributed by atoms with E-state index >= 15 is 0 Å². The quantitative estimate of drug-likeness (QED) is 0.580. The van der Waals surface area contributed by atoms with Crippen LogP contribution in [-0.4, -0.2) is 14.8 Å². The number of nitrogens with zero attached hydrogens (tertiary/aromatic N) is 2. The fourth-order valence-electron chi connectivity index (χ4n) is 2.63. The molecule has 4 rings (SSSR count). The molecule has 0 saturated heterocycles. The third-order valence-electron chi connectivity index (χ3n) is 3.69. The zero-order chi connectivity index (χ0) is 14.4. The second-order valence-electron chi connectivity index (χ2n) is 5.16. The molecule has 2 heterocycles. The van der Waals surface area contributed by atoms with E-state index < -0.39 is 0 Å². The van der Waals surface area contributed by atoms with E-state index in [2.05, 4.69) is 16.1 Å². The lowest BCUT2D eigenvalue weighted by molar-refractivity contribution is 0.864. The molecule has 0 bridgehead atoms. The number of pyridine rings is 1. The lowest BCUT2D eigenvalue weighted by atomic mass is 10.1. The Labute approximate surface area is 120 Å².